The predicted molar refractivity (Wildman–Crippen MR) is 56.9 cm³/mol. The van der Waals surface area contributed by atoms with Crippen molar-refractivity contribution in [3.8, 4) is 0 Å². The summed E-state index contributed by atoms with van der Waals surface area (Å²) in [4.78, 5) is 31.6. The second-order valence-corrected chi connectivity index (χ2v) is 4.79. The van der Waals surface area contributed by atoms with Crippen LogP contribution in [0.2, 0.25) is 0 Å². The van der Waals surface area contributed by atoms with Gasteiger partial charge in [0.1, 0.15) is 5.82 Å². The molecular formula is C7H12N3O6P. The van der Waals surface area contributed by atoms with Crippen molar-refractivity contribution >= 4 is 13.4 Å². The second kappa shape index (κ2) is 5.39. The monoisotopic (exact) mass is 265 g/mol. The lowest BCUT2D eigenvalue weighted by atomic mass is 10.5. The Labute approximate surface area is 95.6 Å². The van der Waals surface area contributed by atoms with Gasteiger partial charge in [-0.05, 0) is 6.07 Å². The molecule has 0 aliphatic rings. The molecule has 0 fully saturated rings. The fourth-order valence-corrected chi connectivity index (χ4v) is 1.35. The van der Waals surface area contributed by atoms with Crippen LogP contribution in [0.15, 0.2) is 17.1 Å². The maximum absolute atomic E-state index is 11.2. The molecule has 0 aromatic carbocycles. The van der Waals surface area contributed by atoms with Gasteiger partial charge in [-0.15, -0.1) is 0 Å². The Morgan fingerprint density at radius 3 is 2.76 bits per heavy atom. The van der Waals surface area contributed by atoms with Crippen molar-refractivity contribution in [1.82, 2.24) is 9.55 Å². The summed E-state index contributed by atoms with van der Waals surface area (Å²) < 4.78 is 15.9. The molecule has 17 heavy (non-hydrogen) atoms. The highest BCUT2D eigenvalue weighted by atomic mass is 31.2. The predicted octanol–water partition coefficient (Wildman–Crippen LogP) is -1.70. The van der Waals surface area contributed by atoms with E-state index in [4.69, 9.17) is 15.5 Å². The molecule has 0 aliphatic carbocycles. The van der Waals surface area contributed by atoms with E-state index < -0.39 is 25.9 Å². The number of hydrogen-bond acceptors (Lipinski definition) is 6. The van der Waals surface area contributed by atoms with Crippen molar-refractivity contribution in [2.75, 3.05) is 12.1 Å². The van der Waals surface area contributed by atoms with Crippen LogP contribution in [0.3, 0.4) is 0 Å². The van der Waals surface area contributed by atoms with Gasteiger partial charge in [0, 0.05) is 6.20 Å². The molecule has 1 aromatic heterocycles. The van der Waals surface area contributed by atoms with Gasteiger partial charge in [-0.3, -0.25) is 9.13 Å². The molecule has 0 aliphatic heterocycles. The van der Waals surface area contributed by atoms with Gasteiger partial charge in [-0.1, -0.05) is 0 Å². The molecular weight excluding hydrogens is 253 g/mol. The smallest absolute Gasteiger partial charge is 0.351 e. The highest BCUT2D eigenvalue weighted by molar-refractivity contribution is 7.51. The summed E-state index contributed by atoms with van der Waals surface area (Å²) in [7, 11) is -4.35. The van der Waals surface area contributed by atoms with Crippen LogP contribution in [-0.4, -0.2) is 37.1 Å². The quantitative estimate of drug-likeness (QED) is 0.363. The lowest BCUT2D eigenvalue weighted by Crippen LogP contribution is -2.30. The molecule has 1 rings (SSSR count). The van der Waals surface area contributed by atoms with E-state index in [1.165, 1.54) is 12.3 Å². The zero-order valence-corrected chi connectivity index (χ0v) is 9.53. The molecule has 0 spiro atoms. The summed E-state index contributed by atoms with van der Waals surface area (Å²) in [5, 5.41) is 9.28. The molecule has 96 valence electrons. The molecule has 1 unspecified atom stereocenters. The third kappa shape index (κ3) is 5.07. The minimum absolute atomic E-state index is 0.0388. The Morgan fingerprint density at radius 2 is 2.24 bits per heavy atom. The molecule has 0 saturated carbocycles. The first kappa shape index (κ1) is 13.8. The van der Waals surface area contributed by atoms with Gasteiger partial charge in [0.2, 0.25) is 0 Å². The van der Waals surface area contributed by atoms with Crippen molar-refractivity contribution in [3.05, 3.63) is 22.7 Å². The van der Waals surface area contributed by atoms with Crippen molar-refractivity contribution in [2.45, 2.75) is 12.8 Å². The molecule has 1 atom stereocenters. The number of aliphatic hydroxyl groups is 1. The van der Waals surface area contributed by atoms with Crippen molar-refractivity contribution in [1.29, 1.82) is 0 Å². The highest BCUT2D eigenvalue weighted by Crippen LogP contribution is 2.34. The number of hydrogen-bond donors (Lipinski definition) is 4. The first-order valence-corrected chi connectivity index (χ1v) is 6.25. The summed E-state index contributed by atoms with van der Waals surface area (Å²) in [5.41, 5.74) is 4.56. The lowest BCUT2D eigenvalue weighted by Gasteiger charge is -2.13. The number of nitrogens with zero attached hydrogens (tertiary/aromatic N) is 2. The zero-order valence-electron chi connectivity index (χ0n) is 8.63. The summed E-state index contributed by atoms with van der Waals surface area (Å²) in [6, 6.07) is 1.34. The van der Waals surface area contributed by atoms with E-state index in [0.29, 0.717) is 0 Å². The van der Waals surface area contributed by atoms with E-state index >= 15 is 0 Å². The number of anilines is 1. The Bertz CT molecular complexity index is 483. The largest absolute Gasteiger partial charge is 0.383 e. The van der Waals surface area contributed by atoms with E-state index in [0.717, 1.165) is 4.57 Å². The molecule has 0 bridgehead atoms. The Hall–Kier alpha value is -1.25. The third-order valence-corrected chi connectivity index (χ3v) is 2.17. The minimum atomic E-state index is -4.35. The molecule has 1 aromatic rings. The van der Waals surface area contributed by atoms with Crippen LogP contribution in [0.1, 0.15) is 0 Å². The highest BCUT2D eigenvalue weighted by Gasteiger charge is 2.16. The van der Waals surface area contributed by atoms with Crippen LogP contribution in [-0.2, 0) is 15.8 Å². The number of aromatic nitrogens is 2. The van der Waals surface area contributed by atoms with Gasteiger partial charge < -0.3 is 25.4 Å². The van der Waals surface area contributed by atoms with Gasteiger partial charge in [-0.25, -0.2) is 4.79 Å². The lowest BCUT2D eigenvalue weighted by molar-refractivity contribution is -0.0957. The zero-order chi connectivity index (χ0) is 13.1. The topological polar surface area (TPSA) is 148 Å². The number of rotatable bonds is 5. The van der Waals surface area contributed by atoms with Gasteiger partial charge in [0.25, 0.3) is 0 Å². The average Bonchev–Trinajstić information content (AvgIpc) is 2.18. The van der Waals surface area contributed by atoms with Crippen molar-refractivity contribution in [3.63, 3.8) is 0 Å². The van der Waals surface area contributed by atoms with Gasteiger partial charge in [-0.2, -0.15) is 4.98 Å². The maximum atomic E-state index is 11.2. The summed E-state index contributed by atoms with van der Waals surface area (Å²) in [6.45, 7) is -0.299. The number of aliphatic hydroxyl groups excluding tert-OH is 1. The van der Waals surface area contributed by atoms with Gasteiger partial charge >= 0.3 is 13.3 Å². The van der Waals surface area contributed by atoms with Crippen LogP contribution in [0.4, 0.5) is 5.82 Å². The molecule has 1 heterocycles. The second-order valence-electron chi connectivity index (χ2n) is 3.20. The van der Waals surface area contributed by atoms with Crippen LogP contribution in [0, 0.1) is 0 Å². The molecule has 10 heteroatoms. The van der Waals surface area contributed by atoms with E-state index in [2.05, 4.69) is 9.72 Å². The van der Waals surface area contributed by atoms with Crippen LogP contribution in [0.5, 0.6) is 0 Å². The summed E-state index contributed by atoms with van der Waals surface area (Å²) in [5.74, 6) is 0.0388. The van der Waals surface area contributed by atoms with Crippen LogP contribution in [0.25, 0.3) is 0 Å². The molecule has 0 saturated heterocycles. The molecule has 0 amide bonds. The van der Waals surface area contributed by atoms with E-state index in [-0.39, 0.29) is 12.4 Å². The maximum Gasteiger partial charge on any atom is 0.351 e. The number of ether oxygens (including phenoxy) is 1. The number of nitrogens with two attached hydrogens (primary N) is 1. The van der Waals surface area contributed by atoms with Gasteiger partial charge in [0.05, 0.1) is 6.54 Å². The Kier molecular flexibility index (Phi) is 4.38. The Morgan fingerprint density at radius 1 is 1.59 bits per heavy atom. The van der Waals surface area contributed by atoms with Gasteiger partial charge in [0.15, 0.2) is 12.6 Å². The first-order valence-electron chi connectivity index (χ1n) is 4.45. The van der Waals surface area contributed by atoms with Crippen molar-refractivity contribution < 1.29 is 24.2 Å². The SMILES string of the molecule is Nc1ccn(CC(O)OCP(=O)(O)O)c(=O)n1. The standard InChI is InChI=1S/C7H12N3O6P/c8-5-1-2-10(7(12)9-5)3-6(11)16-4-17(13,14)15/h1-2,6,11H,3-4H2,(H2,8,9,12)(H2,13,14,15). The number of nitrogen functional groups attached to an aromatic ring is 1. The third-order valence-electron chi connectivity index (χ3n) is 1.68. The Balaban J connectivity index is 2.59. The molecule has 5 N–H and O–H groups in total. The van der Waals surface area contributed by atoms with Crippen LogP contribution >= 0.6 is 7.60 Å². The van der Waals surface area contributed by atoms with E-state index in [9.17, 15) is 14.5 Å². The minimum Gasteiger partial charge on any atom is -0.383 e. The fraction of sp³-hybridized carbons (Fsp3) is 0.429. The summed E-state index contributed by atoms with van der Waals surface area (Å²) >= 11 is 0. The first-order chi connectivity index (χ1) is 7.78. The van der Waals surface area contributed by atoms with Crippen LogP contribution < -0.4 is 11.4 Å². The molecule has 0 radical (unpaired) electrons. The fourth-order valence-electron chi connectivity index (χ4n) is 0.985. The van der Waals surface area contributed by atoms with Crippen molar-refractivity contribution in [2.24, 2.45) is 0 Å². The average molecular weight is 265 g/mol. The van der Waals surface area contributed by atoms with E-state index in [1.807, 2.05) is 0 Å². The normalized spacial score (nSPS) is 13.6. The molecule has 9 nitrogen and oxygen atoms in total. The summed E-state index contributed by atoms with van der Waals surface area (Å²) in [6.07, 6.45) is -1.16. The van der Waals surface area contributed by atoms with E-state index in [1.54, 1.807) is 0 Å².